The highest BCUT2D eigenvalue weighted by atomic mass is 35.5. The third-order valence-electron chi connectivity index (χ3n) is 5.04. The number of Topliss-reactive ketones (excluding diaryl/α,β-unsaturated/α-hetero) is 3. The van der Waals surface area contributed by atoms with Gasteiger partial charge in [-0.1, -0.05) is 13.8 Å². The number of aliphatic carboxylic acids is 1. The van der Waals surface area contributed by atoms with Crippen LogP contribution in [0.1, 0.15) is 107 Å². The predicted octanol–water partition coefficient (Wildman–Crippen LogP) is 2.79. The first kappa shape index (κ1) is 61.5. The summed E-state index contributed by atoms with van der Waals surface area (Å²) in [7, 11) is 0. The number of amides is 2. The number of alkyl carbamates (subject to hydrolysis) is 2. The van der Waals surface area contributed by atoms with Crippen molar-refractivity contribution in [2.45, 2.75) is 118 Å². The first-order valence-corrected chi connectivity index (χ1v) is 16.6. The zero-order valence-corrected chi connectivity index (χ0v) is 34.0. The number of halogens is 2. The predicted molar refractivity (Wildman–Crippen MR) is 201 cm³/mol. The minimum absolute atomic E-state index is 0. The molecule has 8 N–H and O–H groups in total. The van der Waals surface area contributed by atoms with E-state index >= 15 is 0 Å². The minimum atomic E-state index is -0.906. The van der Waals surface area contributed by atoms with E-state index in [1.807, 2.05) is 0 Å². The Morgan fingerprint density at radius 3 is 1.30 bits per heavy atom. The highest BCUT2D eigenvalue weighted by Crippen LogP contribution is 2.07. The van der Waals surface area contributed by atoms with Crippen molar-refractivity contribution in [3.63, 3.8) is 0 Å². The number of carboxylic acids is 1. The Balaban J connectivity index is -0.000000143. The van der Waals surface area contributed by atoms with Gasteiger partial charge < -0.3 is 51.3 Å². The first-order chi connectivity index (χ1) is 23.6. The van der Waals surface area contributed by atoms with Crippen molar-refractivity contribution >= 4 is 72.3 Å². The van der Waals surface area contributed by atoms with Crippen molar-refractivity contribution in [2.75, 3.05) is 46.0 Å². The van der Waals surface area contributed by atoms with Crippen LogP contribution in [0.4, 0.5) is 9.59 Å². The van der Waals surface area contributed by atoms with E-state index in [4.69, 9.17) is 35.9 Å². The van der Waals surface area contributed by atoms with Crippen LogP contribution in [0.25, 0.3) is 0 Å². The molecule has 0 saturated carbocycles. The summed E-state index contributed by atoms with van der Waals surface area (Å²) in [5, 5.41) is 21.3. The number of carboxylic acid groups (broad SMARTS) is 1. The Labute approximate surface area is 325 Å². The molecule has 0 unspecified atom stereocenters. The van der Waals surface area contributed by atoms with Crippen LogP contribution in [0.5, 0.6) is 0 Å². The van der Waals surface area contributed by atoms with E-state index in [2.05, 4.69) is 15.4 Å². The summed E-state index contributed by atoms with van der Waals surface area (Å²) in [5.74, 6) is -1.84. The van der Waals surface area contributed by atoms with Crippen molar-refractivity contribution in [3.8, 4) is 0 Å². The molecule has 2 amide bonds. The quantitative estimate of drug-likeness (QED) is 0.0621. The summed E-state index contributed by atoms with van der Waals surface area (Å²) in [6.07, 6.45) is 0.486. The Kier molecular flexibility index (Phi) is 44.2. The molecular weight excluding hydrogens is 747 g/mol. The Morgan fingerprint density at radius 2 is 0.962 bits per heavy atom. The first-order valence-electron chi connectivity index (χ1n) is 16.6. The van der Waals surface area contributed by atoms with Gasteiger partial charge in [-0.2, -0.15) is 0 Å². The fraction of sp³-hybridized carbons (Fsp3) is 0.758. The van der Waals surface area contributed by atoms with Gasteiger partial charge in [0.05, 0.1) is 39.0 Å². The Bertz CT molecular complexity index is 1050. The van der Waals surface area contributed by atoms with Gasteiger partial charge in [-0.05, 0) is 41.5 Å². The molecule has 0 aromatic rings. The van der Waals surface area contributed by atoms with E-state index in [1.165, 1.54) is 0 Å². The number of aliphatic hydroxyl groups excluding tert-OH is 1. The number of carbonyl (C=O) groups excluding carboxylic acids is 7. The average molecular weight is 812 g/mol. The van der Waals surface area contributed by atoms with Crippen LogP contribution in [0.15, 0.2) is 0 Å². The highest BCUT2D eigenvalue weighted by molar-refractivity contribution is 5.86. The summed E-state index contributed by atoms with van der Waals surface area (Å²) < 4.78 is 19.4. The second-order valence-corrected chi connectivity index (χ2v) is 12.2. The molecule has 0 aliphatic carbocycles. The molecule has 0 heterocycles. The van der Waals surface area contributed by atoms with Gasteiger partial charge in [0.1, 0.15) is 41.8 Å². The summed E-state index contributed by atoms with van der Waals surface area (Å²) in [6.45, 7) is 15.0. The van der Waals surface area contributed by atoms with Crippen LogP contribution in [-0.2, 0) is 47.7 Å². The standard InChI is InChI=1S/C13H23NO5.C7H14N2O3.C7H15NO3.C6H10O3.2ClH/c1-5-10(15)6-7-11(16)18-9-8-14-12(17)19-13(2,3)4;8-3-4-12-7(11)2-1-6(10)5-9;1-7(2,3)11-6(10)8-4-5-9;1-2-5(7)3-4-6(8)9;;/h5-9H2,1-4H3,(H,14,17);1-5,8-9H2;9H,4-5H2,1-3H3,(H,8,10);2-4H2,1H3,(H,8,9);2*1H. The van der Waals surface area contributed by atoms with Crippen molar-refractivity contribution in [3.05, 3.63) is 0 Å². The van der Waals surface area contributed by atoms with Gasteiger partial charge in [0.2, 0.25) is 0 Å². The molecule has 0 fully saturated rings. The molecule has 20 heteroatoms. The van der Waals surface area contributed by atoms with Gasteiger partial charge in [0, 0.05) is 45.2 Å². The minimum Gasteiger partial charge on any atom is -0.481 e. The number of hydrogen-bond acceptors (Lipinski definition) is 15. The number of rotatable bonds is 19. The fourth-order valence-electron chi connectivity index (χ4n) is 2.61. The molecule has 53 heavy (non-hydrogen) atoms. The van der Waals surface area contributed by atoms with Gasteiger partial charge in [-0.25, -0.2) is 9.59 Å². The normalized spacial score (nSPS) is 9.79. The molecule has 0 rings (SSSR count). The van der Waals surface area contributed by atoms with E-state index < -0.39 is 41.3 Å². The Hall–Kier alpha value is -3.58. The van der Waals surface area contributed by atoms with E-state index in [9.17, 15) is 38.4 Å². The van der Waals surface area contributed by atoms with E-state index in [0.717, 1.165) is 0 Å². The lowest BCUT2D eigenvalue weighted by Gasteiger charge is -2.19. The lowest BCUT2D eigenvalue weighted by atomic mass is 10.2. The topological polar surface area (TPSA) is 290 Å². The molecule has 0 aromatic carbocycles. The molecule has 0 spiro atoms. The molecule has 0 aliphatic rings. The zero-order chi connectivity index (χ0) is 40.5. The maximum absolute atomic E-state index is 11.2. The van der Waals surface area contributed by atoms with Crippen LogP contribution < -0.4 is 22.1 Å². The third kappa shape index (κ3) is 58.0. The molecule has 0 radical (unpaired) electrons. The second kappa shape index (κ2) is 38.2. The maximum Gasteiger partial charge on any atom is 0.407 e. The number of esters is 2. The number of nitrogens with one attached hydrogen (secondary N) is 2. The molecule has 0 atom stereocenters. The van der Waals surface area contributed by atoms with Gasteiger partial charge in [-0.3, -0.25) is 28.8 Å². The molecule has 18 nitrogen and oxygen atoms in total. The van der Waals surface area contributed by atoms with Crippen LogP contribution in [0, 0.1) is 0 Å². The SMILES string of the molecule is CC(C)(C)OC(=O)NCCO.CCC(=O)CCC(=O)O.CCC(=O)CCC(=O)OCCNC(=O)OC(C)(C)C.Cl.Cl.NCCOC(=O)CCC(=O)CN. The van der Waals surface area contributed by atoms with Crippen LogP contribution >= 0.6 is 24.8 Å². The highest BCUT2D eigenvalue weighted by Gasteiger charge is 2.16. The lowest BCUT2D eigenvalue weighted by molar-refractivity contribution is -0.145. The van der Waals surface area contributed by atoms with Gasteiger partial charge in [0.25, 0.3) is 0 Å². The van der Waals surface area contributed by atoms with E-state index in [-0.39, 0.29) is 120 Å². The van der Waals surface area contributed by atoms with Gasteiger partial charge >= 0.3 is 30.1 Å². The number of aliphatic hydroxyl groups is 1. The van der Waals surface area contributed by atoms with E-state index in [0.29, 0.717) is 19.4 Å². The lowest BCUT2D eigenvalue weighted by Crippen LogP contribution is -2.34. The number of hydrogen-bond donors (Lipinski definition) is 6. The zero-order valence-electron chi connectivity index (χ0n) is 32.4. The van der Waals surface area contributed by atoms with Gasteiger partial charge in [0.15, 0.2) is 0 Å². The molecule has 0 aromatic heterocycles. The van der Waals surface area contributed by atoms with Crippen LogP contribution in [0.3, 0.4) is 0 Å². The van der Waals surface area contributed by atoms with Gasteiger partial charge in [-0.15, -0.1) is 24.8 Å². The Morgan fingerprint density at radius 1 is 0.585 bits per heavy atom. The average Bonchev–Trinajstić information content (AvgIpc) is 3.04. The van der Waals surface area contributed by atoms with E-state index in [1.54, 1.807) is 55.4 Å². The molecule has 0 bridgehead atoms. The largest absolute Gasteiger partial charge is 0.481 e. The van der Waals surface area contributed by atoms with Crippen LogP contribution in [0.2, 0.25) is 0 Å². The van der Waals surface area contributed by atoms with Crippen molar-refractivity contribution in [1.29, 1.82) is 0 Å². The summed E-state index contributed by atoms with van der Waals surface area (Å²) in [4.78, 5) is 85.9. The number of nitrogens with two attached hydrogens (primary N) is 2. The third-order valence-corrected chi connectivity index (χ3v) is 5.04. The summed E-state index contributed by atoms with van der Waals surface area (Å²) in [5.41, 5.74) is 9.10. The fourth-order valence-corrected chi connectivity index (χ4v) is 2.61. The van der Waals surface area contributed by atoms with Crippen molar-refractivity contribution in [1.82, 2.24) is 10.6 Å². The van der Waals surface area contributed by atoms with Crippen molar-refractivity contribution in [2.24, 2.45) is 11.5 Å². The maximum atomic E-state index is 11.2. The summed E-state index contributed by atoms with van der Waals surface area (Å²) in [6, 6.07) is 0. The molecule has 314 valence electrons. The number of carbonyl (C=O) groups is 8. The smallest absolute Gasteiger partial charge is 0.407 e. The van der Waals surface area contributed by atoms with Crippen molar-refractivity contribution < 1.29 is 67.5 Å². The molecular formula is C33H64Cl2N4O14. The number of ether oxygens (including phenoxy) is 4. The molecule has 0 aliphatic heterocycles. The monoisotopic (exact) mass is 810 g/mol. The molecule has 0 saturated heterocycles. The number of ketones is 3. The van der Waals surface area contributed by atoms with Crippen LogP contribution in [-0.4, -0.2) is 115 Å². The summed E-state index contributed by atoms with van der Waals surface area (Å²) >= 11 is 0. The second-order valence-electron chi connectivity index (χ2n) is 12.2.